The van der Waals surface area contributed by atoms with Crippen LogP contribution in [0.25, 0.3) is 0 Å². The molecule has 0 heterocycles. The normalized spacial score (nSPS) is 17.9. The van der Waals surface area contributed by atoms with Gasteiger partial charge in [-0.1, -0.05) is 37.8 Å². The molecule has 0 spiro atoms. The summed E-state index contributed by atoms with van der Waals surface area (Å²) in [6.45, 7) is 4.17. The largest absolute Gasteiger partial charge is 0.491 e. The molecule has 0 saturated heterocycles. The Morgan fingerprint density at radius 2 is 1.90 bits per heavy atom. The maximum Gasteiger partial charge on any atom is 0.119 e. The summed E-state index contributed by atoms with van der Waals surface area (Å²) in [5.41, 5.74) is 0. The standard InChI is InChI=1S/C17H26ClNO2/c1-2-19(15-6-4-3-5-7-15)12-16(20)13-21-17-10-8-14(18)9-11-17/h8-11,15-16,20H,2-7,12-13H2,1H3/t16-/m1/s1. The summed E-state index contributed by atoms with van der Waals surface area (Å²) in [6.07, 6.45) is 6.06. The minimum atomic E-state index is -0.456. The first-order valence-electron chi connectivity index (χ1n) is 7.99. The number of hydrogen-bond donors (Lipinski definition) is 1. The van der Waals surface area contributed by atoms with Gasteiger partial charge in [0.1, 0.15) is 18.5 Å². The third-order valence-electron chi connectivity index (χ3n) is 4.20. The van der Waals surface area contributed by atoms with Gasteiger partial charge in [0, 0.05) is 17.6 Å². The lowest BCUT2D eigenvalue weighted by Gasteiger charge is -2.34. The van der Waals surface area contributed by atoms with Crippen molar-refractivity contribution in [2.75, 3.05) is 19.7 Å². The van der Waals surface area contributed by atoms with Gasteiger partial charge in [0.15, 0.2) is 0 Å². The van der Waals surface area contributed by atoms with Crippen LogP contribution in [0.4, 0.5) is 0 Å². The van der Waals surface area contributed by atoms with E-state index in [-0.39, 0.29) is 0 Å². The molecule has 1 aromatic carbocycles. The highest BCUT2D eigenvalue weighted by atomic mass is 35.5. The maximum atomic E-state index is 10.2. The molecule has 21 heavy (non-hydrogen) atoms. The van der Waals surface area contributed by atoms with Crippen LogP contribution in [0.3, 0.4) is 0 Å². The van der Waals surface area contributed by atoms with E-state index in [4.69, 9.17) is 16.3 Å². The number of rotatable bonds is 7. The zero-order valence-electron chi connectivity index (χ0n) is 12.8. The minimum absolute atomic E-state index is 0.324. The van der Waals surface area contributed by atoms with Crippen molar-refractivity contribution >= 4 is 11.6 Å². The van der Waals surface area contributed by atoms with E-state index in [0.717, 1.165) is 12.3 Å². The molecule has 2 rings (SSSR count). The van der Waals surface area contributed by atoms with E-state index in [1.54, 1.807) is 12.1 Å². The molecule has 0 unspecified atom stereocenters. The van der Waals surface area contributed by atoms with Gasteiger partial charge in [-0.25, -0.2) is 0 Å². The molecule has 3 nitrogen and oxygen atoms in total. The monoisotopic (exact) mass is 311 g/mol. The number of ether oxygens (including phenoxy) is 1. The van der Waals surface area contributed by atoms with Crippen LogP contribution < -0.4 is 4.74 Å². The Balaban J connectivity index is 1.76. The van der Waals surface area contributed by atoms with Crippen LogP contribution in [0.1, 0.15) is 39.0 Å². The molecular weight excluding hydrogens is 286 g/mol. The summed E-state index contributed by atoms with van der Waals surface area (Å²) < 4.78 is 5.62. The third-order valence-corrected chi connectivity index (χ3v) is 4.45. The number of aliphatic hydroxyl groups excluding tert-OH is 1. The van der Waals surface area contributed by atoms with Crippen molar-refractivity contribution in [2.45, 2.75) is 51.2 Å². The Labute approximate surface area is 132 Å². The molecule has 4 heteroatoms. The number of hydrogen-bond acceptors (Lipinski definition) is 3. The predicted molar refractivity (Wildman–Crippen MR) is 87.1 cm³/mol. The van der Waals surface area contributed by atoms with Crippen LogP contribution in [0.5, 0.6) is 5.75 Å². The average Bonchev–Trinajstić information content (AvgIpc) is 2.53. The van der Waals surface area contributed by atoms with Crippen LogP contribution in [-0.2, 0) is 0 Å². The molecule has 118 valence electrons. The van der Waals surface area contributed by atoms with Crippen LogP contribution in [0.2, 0.25) is 5.02 Å². The van der Waals surface area contributed by atoms with E-state index in [2.05, 4.69) is 11.8 Å². The van der Waals surface area contributed by atoms with E-state index in [1.165, 1.54) is 32.1 Å². The fraction of sp³-hybridized carbons (Fsp3) is 0.647. The number of aliphatic hydroxyl groups is 1. The molecule has 1 N–H and O–H groups in total. The fourth-order valence-corrected chi connectivity index (χ4v) is 3.16. The second kappa shape index (κ2) is 8.62. The average molecular weight is 312 g/mol. The van der Waals surface area contributed by atoms with Crippen molar-refractivity contribution in [3.63, 3.8) is 0 Å². The SMILES string of the molecule is CCN(C[C@@H](O)COc1ccc(Cl)cc1)C1CCCCC1. The smallest absolute Gasteiger partial charge is 0.119 e. The molecule has 1 aliphatic rings. The molecular formula is C17H26ClNO2. The molecule has 1 atom stereocenters. The van der Waals surface area contributed by atoms with Crippen molar-refractivity contribution in [1.29, 1.82) is 0 Å². The molecule has 1 aliphatic carbocycles. The quantitative estimate of drug-likeness (QED) is 0.832. The van der Waals surface area contributed by atoms with Crippen molar-refractivity contribution < 1.29 is 9.84 Å². The second-order valence-electron chi connectivity index (χ2n) is 5.80. The molecule has 0 radical (unpaired) electrons. The van der Waals surface area contributed by atoms with E-state index in [0.29, 0.717) is 24.2 Å². The lowest BCUT2D eigenvalue weighted by atomic mass is 9.94. The predicted octanol–water partition coefficient (Wildman–Crippen LogP) is 3.73. The maximum absolute atomic E-state index is 10.2. The van der Waals surface area contributed by atoms with Gasteiger partial charge < -0.3 is 9.84 Å². The highest BCUT2D eigenvalue weighted by molar-refractivity contribution is 6.30. The Kier molecular flexibility index (Phi) is 6.81. The Hall–Kier alpha value is -0.770. The van der Waals surface area contributed by atoms with Crippen LogP contribution >= 0.6 is 11.6 Å². The molecule has 0 aliphatic heterocycles. The van der Waals surface area contributed by atoms with Gasteiger partial charge in [-0.15, -0.1) is 0 Å². The van der Waals surface area contributed by atoms with E-state index >= 15 is 0 Å². The Bertz CT molecular complexity index is 404. The van der Waals surface area contributed by atoms with Gasteiger partial charge in [-0.2, -0.15) is 0 Å². The van der Waals surface area contributed by atoms with Crippen molar-refractivity contribution in [3.8, 4) is 5.75 Å². The summed E-state index contributed by atoms with van der Waals surface area (Å²) in [7, 11) is 0. The van der Waals surface area contributed by atoms with Crippen LogP contribution in [-0.4, -0.2) is 41.8 Å². The number of benzene rings is 1. The fourth-order valence-electron chi connectivity index (χ4n) is 3.03. The molecule has 1 saturated carbocycles. The Morgan fingerprint density at radius 1 is 1.24 bits per heavy atom. The molecule has 1 fully saturated rings. The van der Waals surface area contributed by atoms with Gasteiger partial charge in [0.05, 0.1) is 0 Å². The summed E-state index contributed by atoms with van der Waals surface area (Å²) in [4.78, 5) is 2.40. The van der Waals surface area contributed by atoms with E-state index in [1.807, 2.05) is 12.1 Å². The lowest BCUT2D eigenvalue weighted by Crippen LogP contribution is -2.43. The third kappa shape index (κ3) is 5.50. The van der Waals surface area contributed by atoms with Crippen molar-refractivity contribution in [3.05, 3.63) is 29.3 Å². The van der Waals surface area contributed by atoms with Crippen molar-refractivity contribution in [2.24, 2.45) is 0 Å². The minimum Gasteiger partial charge on any atom is -0.491 e. The first kappa shape index (κ1) is 16.6. The Morgan fingerprint density at radius 3 is 2.52 bits per heavy atom. The summed E-state index contributed by atoms with van der Waals surface area (Å²) in [6, 6.07) is 7.88. The highest BCUT2D eigenvalue weighted by Gasteiger charge is 2.22. The van der Waals surface area contributed by atoms with Crippen LogP contribution in [0, 0.1) is 0 Å². The second-order valence-corrected chi connectivity index (χ2v) is 6.23. The number of likely N-dealkylation sites (N-methyl/N-ethyl adjacent to an activating group) is 1. The number of nitrogens with zero attached hydrogens (tertiary/aromatic N) is 1. The van der Waals surface area contributed by atoms with Gasteiger partial charge in [0.2, 0.25) is 0 Å². The lowest BCUT2D eigenvalue weighted by molar-refractivity contribution is 0.0463. The van der Waals surface area contributed by atoms with Gasteiger partial charge >= 0.3 is 0 Å². The summed E-state index contributed by atoms with van der Waals surface area (Å²) >= 11 is 5.84. The van der Waals surface area contributed by atoms with Crippen LogP contribution in [0.15, 0.2) is 24.3 Å². The van der Waals surface area contributed by atoms with Crippen molar-refractivity contribution in [1.82, 2.24) is 4.90 Å². The van der Waals surface area contributed by atoms with Gasteiger partial charge in [0.25, 0.3) is 0 Å². The molecule has 1 aromatic rings. The zero-order chi connectivity index (χ0) is 15.1. The number of halogens is 1. The zero-order valence-corrected chi connectivity index (χ0v) is 13.6. The molecule has 0 amide bonds. The van der Waals surface area contributed by atoms with E-state index in [9.17, 15) is 5.11 Å². The van der Waals surface area contributed by atoms with Gasteiger partial charge in [-0.05, 0) is 43.7 Å². The van der Waals surface area contributed by atoms with Gasteiger partial charge in [-0.3, -0.25) is 4.90 Å². The topological polar surface area (TPSA) is 32.7 Å². The first-order chi connectivity index (χ1) is 10.2. The summed E-state index contributed by atoms with van der Waals surface area (Å²) in [5.74, 6) is 0.749. The first-order valence-corrected chi connectivity index (χ1v) is 8.37. The highest BCUT2D eigenvalue weighted by Crippen LogP contribution is 2.22. The molecule has 0 aromatic heterocycles. The molecule has 0 bridgehead atoms. The van der Waals surface area contributed by atoms with E-state index < -0.39 is 6.10 Å². The summed E-state index contributed by atoms with van der Waals surface area (Å²) in [5, 5.41) is 10.9.